The van der Waals surface area contributed by atoms with Gasteiger partial charge in [-0.3, -0.25) is 0 Å². The van der Waals surface area contributed by atoms with Crippen molar-refractivity contribution in [3.05, 3.63) is 60.3 Å². The van der Waals surface area contributed by atoms with Gasteiger partial charge in [0.2, 0.25) is 11.6 Å². The molecular formula is C22H32O6. The molecule has 0 aromatic rings. The molecule has 0 aromatic heterocycles. The number of hydrogen-bond donors (Lipinski definition) is 5. The van der Waals surface area contributed by atoms with Crippen molar-refractivity contribution in [3.8, 4) is 0 Å². The highest BCUT2D eigenvalue weighted by atomic mass is 16.8. The Morgan fingerprint density at radius 1 is 1.32 bits per heavy atom. The van der Waals surface area contributed by atoms with E-state index in [0.29, 0.717) is 5.57 Å². The first-order chi connectivity index (χ1) is 12.7. The molecule has 2 aliphatic rings. The van der Waals surface area contributed by atoms with Gasteiger partial charge in [-0.2, -0.15) is 0 Å². The molecule has 156 valence electrons. The molecule has 1 saturated heterocycles. The molecule has 6 nitrogen and oxygen atoms in total. The molecule has 0 aromatic carbocycles. The normalized spacial score (nSPS) is 36.4. The smallest absolute Gasteiger partial charge is 0.258 e. The van der Waals surface area contributed by atoms with Crippen molar-refractivity contribution in [2.75, 3.05) is 0 Å². The van der Waals surface area contributed by atoms with Crippen LogP contribution in [0.15, 0.2) is 60.3 Å². The fourth-order valence-electron chi connectivity index (χ4n) is 3.89. The lowest BCUT2D eigenvalue weighted by Crippen LogP contribution is -2.86. The molecule has 0 amide bonds. The number of aliphatic hydroxyl groups is 5. The van der Waals surface area contributed by atoms with Gasteiger partial charge >= 0.3 is 0 Å². The molecule has 2 rings (SSSR count). The number of rotatable bonds is 7. The molecule has 4 atom stereocenters. The monoisotopic (exact) mass is 392 g/mol. The van der Waals surface area contributed by atoms with Gasteiger partial charge in [0.15, 0.2) is 5.60 Å². The summed E-state index contributed by atoms with van der Waals surface area (Å²) in [5, 5.41) is 50.7. The predicted octanol–water partition coefficient (Wildman–Crippen LogP) is 2.21. The number of allylic oxidation sites excluding steroid dienone is 6. The summed E-state index contributed by atoms with van der Waals surface area (Å²) in [5.41, 5.74) is 1.02. The van der Waals surface area contributed by atoms with Crippen molar-refractivity contribution >= 4 is 0 Å². The Bertz CT molecular complexity index is 739. The van der Waals surface area contributed by atoms with E-state index in [9.17, 15) is 25.5 Å². The van der Waals surface area contributed by atoms with Crippen LogP contribution in [-0.4, -0.2) is 48.5 Å². The van der Waals surface area contributed by atoms with Crippen molar-refractivity contribution in [2.45, 2.75) is 69.4 Å². The Hall–Kier alpha value is -1.54. The van der Waals surface area contributed by atoms with Gasteiger partial charge in [-0.1, -0.05) is 43.5 Å². The topological polar surface area (TPSA) is 110 Å². The van der Waals surface area contributed by atoms with Crippen LogP contribution in [0.3, 0.4) is 0 Å². The quantitative estimate of drug-likeness (QED) is 0.258. The Labute approximate surface area is 166 Å². The minimum Gasteiger partial charge on any atom is -0.379 e. The van der Waals surface area contributed by atoms with Gasteiger partial charge in [0.1, 0.15) is 0 Å². The van der Waals surface area contributed by atoms with Crippen LogP contribution in [-0.2, 0) is 4.74 Å². The molecular weight excluding hydrogens is 360 g/mol. The maximum Gasteiger partial charge on any atom is 0.258 e. The second-order valence-electron chi connectivity index (χ2n) is 8.30. The zero-order valence-electron chi connectivity index (χ0n) is 16.9. The molecule has 0 spiro atoms. The lowest BCUT2D eigenvalue weighted by molar-refractivity contribution is -0.575. The summed E-state index contributed by atoms with van der Waals surface area (Å²) in [7, 11) is 0. The second-order valence-corrected chi connectivity index (χ2v) is 8.30. The summed E-state index contributed by atoms with van der Waals surface area (Å²) in [6.45, 7) is 15.9. The minimum absolute atomic E-state index is 0.200. The van der Waals surface area contributed by atoms with Gasteiger partial charge < -0.3 is 30.3 Å². The van der Waals surface area contributed by atoms with E-state index < -0.39 is 23.0 Å². The Kier molecular flexibility index (Phi) is 5.99. The summed E-state index contributed by atoms with van der Waals surface area (Å²) in [6, 6.07) is 0. The Morgan fingerprint density at radius 3 is 2.39 bits per heavy atom. The van der Waals surface area contributed by atoms with Gasteiger partial charge in [-0.15, -0.1) is 0 Å². The third-order valence-corrected chi connectivity index (χ3v) is 5.82. The van der Waals surface area contributed by atoms with Crippen molar-refractivity contribution in [3.63, 3.8) is 0 Å². The summed E-state index contributed by atoms with van der Waals surface area (Å²) < 4.78 is 4.98. The van der Waals surface area contributed by atoms with Crippen molar-refractivity contribution in [2.24, 2.45) is 5.92 Å². The summed E-state index contributed by atoms with van der Waals surface area (Å²) >= 11 is 0. The first-order valence-electron chi connectivity index (χ1n) is 9.39. The highest BCUT2D eigenvalue weighted by Crippen LogP contribution is 2.54. The van der Waals surface area contributed by atoms with E-state index in [4.69, 9.17) is 4.74 Å². The molecule has 5 N–H and O–H groups in total. The van der Waals surface area contributed by atoms with E-state index >= 15 is 0 Å². The zero-order valence-corrected chi connectivity index (χ0v) is 16.9. The van der Waals surface area contributed by atoms with Gasteiger partial charge in [0.05, 0.1) is 0 Å². The van der Waals surface area contributed by atoms with Crippen molar-refractivity contribution in [1.82, 2.24) is 0 Å². The van der Waals surface area contributed by atoms with E-state index in [-0.39, 0.29) is 12.3 Å². The SMILES string of the molecule is C=C/C(=C/C(=C)CC1(O)OC(O)(C(C)(O)O)C1(C)O)C(=C)C1C=C(C)CCC1. The zero-order chi connectivity index (χ0) is 21.5. The molecule has 6 heteroatoms. The highest BCUT2D eigenvalue weighted by molar-refractivity contribution is 5.45. The molecule has 0 bridgehead atoms. The van der Waals surface area contributed by atoms with Gasteiger partial charge in [0, 0.05) is 12.3 Å². The van der Waals surface area contributed by atoms with Crippen molar-refractivity contribution in [1.29, 1.82) is 0 Å². The van der Waals surface area contributed by atoms with Gasteiger partial charge in [-0.25, -0.2) is 0 Å². The summed E-state index contributed by atoms with van der Waals surface area (Å²) in [5.74, 6) is -7.55. The Morgan fingerprint density at radius 2 is 1.93 bits per heavy atom. The van der Waals surface area contributed by atoms with E-state index in [2.05, 4.69) is 32.7 Å². The van der Waals surface area contributed by atoms with E-state index in [1.165, 1.54) is 5.57 Å². The van der Waals surface area contributed by atoms with Crippen LogP contribution in [0.25, 0.3) is 0 Å². The largest absolute Gasteiger partial charge is 0.379 e. The maximum atomic E-state index is 10.6. The van der Waals surface area contributed by atoms with Crippen LogP contribution in [0, 0.1) is 5.92 Å². The van der Waals surface area contributed by atoms with Crippen LogP contribution in [0.1, 0.15) is 46.5 Å². The van der Waals surface area contributed by atoms with Crippen LogP contribution < -0.4 is 0 Å². The van der Waals surface area contributed by atoms with Gasteiger partial charge in [0.25, 0.3) is 5.79 Å². The molecule has 0 saturated carbocycles. The lowest BCUT2D eigenvalue weighted by atomic mass is 9.72. The van der Waals surface area contributed by atoms with Crippen LogP contribution in [0.4, 0.5) is 0 Å². The molecule has 1 aliphatic heterocycles. The number of ether oxygens (including phenoxy) is 1. The van der Waals surface area contributed by atoms with E-state index in [0.717, 1.165) is 44.3 Å². The van der Waals surface area contributed by atoms with Crippen LogP contribution in [0.2, 0.25) is 0 Å². The molecule has 28 heavy (non-hydrogen) atoms. The third-order valence-electron chi connectivity index (χ3n) is 5.82. The van der Waals surface area contributed by atoms with Crippen LogP contribution in [0.5, 0.6) is 0 Å². The fraction of sp³-hybridized carbons (Fsp3) is 0.545. The maximum absolute atomic E-state index is 10.6. The van der Waals surface area contributed by atoms with E-state index in [1.54, 1.807) is 12.2 Å². The average molecular weight is 392 g/mol. The molecule has 1 aliphatic carbocycles. The second kappa shape index (κ2) is 7.37. The molecule has 1 heterocycles. The fourth-order valence-corrected chi connectivity index (χ4v) is 3.89. The predicted molar refractivity (Wildman–Crippen MR) is 107 cm³/mol. The van der Waals surface area contributed by atoms with Gasteiger partial charge in [-0.05, 0) is 56.8 Å². The molecule has 1 fully saturated rings. The first kappa shape index (κ1) is 22.7. The summed E-state index contributed by atoms with van der Waals surface area (Å²) in [4.78, 5) is 0. The first-order valence-corrected chi connectivity index (χ1v) is 9.39. The Balaban J connectivity index is 2.17. The lowest BCUT2D eigenvalue weighted by Gasteiger charge is -2.63. The van der Waals surface area contributed by atoms with Crippen molar-refractivity contribution < 1.29 is 30.3 Å². The molecule has 4 unspecified atom stereocenters. The van der Waals surface area contributed by atoms with E-state index in [1.807, 2.05) is 0 Å². The highest BCUT2D eigenvalue weighted by Gasteiger charge is 2.79. The summed E-state index contributed by atoms with van der Waals surface area (Å²) in [6.07, 6.45) is 8.45. The third kappa shape index (κ3) is 3.68. The average Bonchev–Trinajstić information content (AvgIpc) is 2.57. The standard InChI is InChI=1S/C22H32O6/c1-7-17(16(4)18-10-8-9-14(2)11-18)12-15(3)13-21(26)19(5,23)22(27,28-21)20(6,24)25/h7,11-12,18,23-27H,1,3-4,8-10,13H2,2,5-6H3/b17-12-. The molecule has 0 radical (unpaired) electrons. The number of hydrogen-bond acceptors (Lipinski definition) is 6. The minimum atomic E-state index is -2.77. The van der Waals surface area contributed by atoms with Crippen LogP contribution >= 0.6 is 0 Å².